The van der Waals surface area contributed by atoms with Crippen LogP contribution in [0.5, 0.6) is 0 Å². The van der Waals surface area contributed by atoms with E-state index in [0.717, 1.165) is 28.9 Å². The SMILES string of the molecule is CCCN(Cc1cc(NC(=O)C(C)C)ccc1N(C)C)C(=O)c1cccc(C)c1. The van der Waals surface area contributed by atoms with Crippen LogP contribution in [0.3, 0.4) is 0 Å². The van der Waals surface area contributed by atoms with E-state index < -0.39 is 0 Å². The molecule has 0 aromatic heterocycles. The lowest BCUT2D eigenvalue weighted by Crippen LogP contribution is -2.32. The van der Waals surface area contributed by atoms with Crippen molar-refractivity contribution in [1.82, 2.24) is 4.90 Å². The number of amides is 2. The second-order valence-electron chi connectivity index (χ2n) is 7.98. The summed E-state index contributed by atoms with van der Waals surface area (Å²) < 4.78 is 0. The number of carbonyl (C=O) groups excluding carboxylic acids is 2. The van der Waals surface area contributed by atoms with Crippen molar-refractivity contribution in [2.45, 2.75) is 40.7 Å². The number of hydrogen-bond donors (Lipinski definition) is 1. The largest absolute Gasteiger partial charge is 0.377 e. The molecule has 2 amide bonds. The zero-order valence-corrected chi connectivity index (χ0v) is 18.5. The number of nitrogens with zero attached hydrogens (tertiary/aromatic N) is 2. The van der Waals surface area contributed by atoms with Gasteiger partial charge in [0.15, 0.2) is 0 Å². The highest BCUT2D eigenvalue weighted by Gasteiger charge is 2.18. The molecule has 0 unspecified atom stereocenters. The fourth-order valence-corrected chi connectivity index (χ4v) is 3.20. The van der Waals surface area contributed by atoms with E-state index in [1.165, 1.54) is 0 Å². The summed E-state index contributed by atoms with van der Waals surface area (Å²) >= 11 is 0. The van der Waals surface area contributed by atoms with Crippen LogP contribution in [-0.2, 0) is 11.3 Å². The van der Waals surface area contributed by atoms with Crippen LogP contribution in [-0.4, -0.2) is 37.4 Å². The van der Waals surface area contributed by atoms with Gasteiger partial charge in [0, 0.05) is 50.0 Å². The van der Waals surface area contributed by atoms with Crippen LogP contribution in [0.2, 0.25) is 0 Å². The van der Waals surface area contributed by atoms with Crippen molar-refractivity contribution in [1.29, 1.82) is 0 Å². The highest BCUT2D eigenvalue weighted by atomic mass is 16.2. The molecule has 5 heteroatoms. The molecule has 29 heavy (non-hydrogen) atoms. The van der Waals surface area contributed by atoms with E-state index in [2.05, 4.69) is 12.2 Å². The van der Waals surface area contributed by atoms with Crippen molar-refractivity contribution >= 4 is 23.2 Å². The van der Waals surface area contributed by atoms with Gasteiger partial charge in [0.1, 0.15) is 0 Å². The highest BCUT2D eigenvalue weighted by molar-refractivity contribution is 5.95. The normalized spacial score (nSPS) is 10.7. The summed E-state index contributed by atoms with van der Waals surface area (Å²) in [6, 6.07) is 13.6. The van der Waals surface area contributed by atoms with Crippen LogP contribution >= 0.6 is 0 Å². The number of carbonyl (C=O) groups is 2. The zero-order chi connectivity index (χ0) is 21.6. The van der Waals surface area contributed by atoms with Crippen LogP contribution < -0.4 is 10.2 Å². The molecular weight excluding hydrogens is 362 g/mol. The third-order valence-corrected chi connectivity index (χ3v) is 4.76. The van der Waals surface area contributed by atoms with Gasteiger partial charge in [-0.2, -0.15) is 0 Å². The minimum atomic E-state index is -0.0912. The summed E-state index contributed by atoms with van der Waals surface area (Å²) in [5, 5.41) is 2.96. The fourth-order valence-electron chi connectivity index (χ4n) is 3.20. The van der Waals surface area contributed by atoms with E-state index >= 15 is 0 Å². The summed E-state index contributed by atoms with van der Waals surface area (Å²) in [5.41, 5.74) is 4.56. The molecule has 0 aliphatic rings. The van der Waals surface area contributed by atoms with Gasteiger partial charge in [0.25, 0.3) is 5.91 Å². The highest BCUT2D eigenvalue weighted by Crippen LogP contribution is 2.25. The topological polar surface area (TPSA) is 52.7 Å². The van der Waals surface area contributed by atoms with Gasteiger partial charge in [0.05, 0.1) is 0 Å². The maximum Gasteiger partial charge on any atom is 0.254 e. The number of anilines is 2. The van der Waals surface area contributed by atoms with Gasteiger partial charge in [-0.1, -0.05) is 38.5 Å². The maximum absolute atomic E-state index is 13.2. The zero-order valence-electron chi connectivity index (χ0n) is 18.5. The number of nitrogens with one attached hydrogen (secondary N) is 1. The van der Waals surface area contributed by atoms with E-state index in [4.69, 9.17) is 0 Å². The Hall–Kier alpha value is -2.82. The Labute approximate surface area is 174 Å². The average Bonchev–Trinajstić information content (AvgIpc) is 2.67. The number of rotatable bonds is 8. The van der Waals surface area contributed by atoms with Crippen molar-refractivity contribution < 1.29 is 9.59 Å². The quantitative estimate of drug-likeness (QED) is 0.704. The van der Waals surface area contributed by atoms with E-state index in [0.29, 0.717) is 18.7 Å². The van der Waals surface area contributed by atoms with Crippen LogP contribution in [0, 0.1) is 12.8 Å². The van der Waals surface area contributed by atoms with Crippen LogP contribution in [0.4, 0.5) is 11.4 Å². The summed E-state index contributed by atoms with van der Waals surface area (Å²) in [7, 11) is 3.97. The first-order chi connectivity index (χ1) is 13.7. The molecule has 5 nitrogen and oxygen atoms in total. The van der Waals surface area contributed by atoms with Gasteiger partial charge in [-0.15, -0.1) is 0 Å². The maximum atomic E-state index is 13.2. The van der Waals surface area contributed by atoms with Gasteiger partial charge in [-0.25, -0.2) is 0 Å². The third-order valence-electron chi connectivity index (χ3n) is 4.76. The molecule has 0 radical (unpaired) electrons. The molecule has 2 aromatic rings. The molecule has 0 aliphatic heterocycles. The monoisotopic (exact) mass is 395 g/mol. The molecule has 0 aliphatic carbocycles. The molecule has 0 spiro atoms. The Morgan fingerprint density at radius 3 is 2.38 bits per heavy atom. The Balaban J connectivity index is 2.35. The van der Waals surface area contributed by atoms with E-state index in [-0.39, 0.29) is 17.7 Å². The lowest BCUT2D eigenvalue weighted by Gasteiger charge is -2.26. The van der Waals surface area contributed by atoms with Crippen LogP contribution in [0.1, 0.15) is 48.7 Å². The van der Waals surface area contributed by atoms with Gasteiger partial charge in [-0.3, -0.25) is 9.59 Å². The van der Waals surface area contributed by atoms with Crippen LogP contribution in [0.25, 0.3) is 0 Å². The molecule has 2 aromatic carbocycles. The minimum absolute atomic E-state index is 0.0187. The molecule has 2 rings (SSSR count). The number of benzene rings is 2. The first kappa shape index (κ1) is 22.5. The summed E-state index contributed by atoms with van der Waals surface area (Å²) in [4.78, 5) is 29.2. The summed E-state index contributed by atoms with van der Waals surface area (Å²) in [6.07, 6.45) is 0.874. The van der Waals surface area contributed by atoms with E-state index in [1.54, 1.807) is 0 Å². The van der Waals surface area contributed by atoms with Gasteiger partial charge in [-0.05, 0) is 49.2 Å². The third kappa shape index (κ3) is 6.08. The number of aryl methyl sites for hydroxylation is 1. The first-order valence-corrected chi connectivity index (χ1v) is 10.2. The predicted octanol–water partition coefficient (Wildman–Crippen LogP) is 4.71. The molecule has 156 valence electrons. The van der Waals surface area contributed by atoms with Crippen molar-refractivity contribution in [3.8, 4) is 0 Å². The first-order valence-electron chi connectivity index (χ1n) is 10.2. The second-order valence-corrected chi connectivity index (χ2v) is 7.98. The minimum Gasteiger partial charge on any atom is -0.377 e. The molecular formula is C24H33N3O2. The van der Waals surface area contributed by atoms with Crippen molar-refractivity contribution in [2.24, 2.45) is 5.92 Å². The van der Waals surface area contributed by atoms with Gasteiger partial charge < -0.3 is 15.1 Å². The molecule has 0 heterocycles. The molecule has 0 fully saturated rings. The average molecular weight is 396 g/mol. The van der Waals surface area contributed by atoms with Crippen molar-refractivity contribution in [3.63, 3.8) is 0 Å². The molecule has 0 bridgehead atoms. The lowest BCUT2D eigenvalue weighted by atomic mass is 10.1. The van der Waals surface area contributed by atoms with Gasteiger partial charge >= 0.3 is 0 Å². The summed E-state index contributed by atoms with van der Waals surface area (Å²) in [6.45, 7) is 8.96. The number of hydrogen-bond acceptors (Lipinski definition) is 3. The van der Waals surface area contributed by atoms with Crippen LogP contribution in [0.15, 0.2) is 42.5 Å². The van der Waals surface area contributed by atoms with E-state index in [9.17, 15) is 9.59 Å². The molecule has 1 N–H and O–H groups in total. The molecule has 0 saturated heterocycles. The fraction of sp³-hybridized carbons (Fsp3) is 0.417. The Morgan fingerprint density at radius 1 is 1.07 bits per heavy atom. The lowest BCUT2D eigenvalue weighted by molar-refractivity contribution is -0.118. The predicted molar refractivity (Wildman–Crippen MR) is 120 cm³/mol. The standard InChI is InChI=1S/C24H33N3O2/c1-7-13-27(24(29)19-10-8-9-18(4)14-19)16-20-15-21(25-23(28)17(2)3)11-12-22(20)26(5)6/h8-12,14-15,17H,7,13,16H2,1-6H3,(H,25,28). The summed E-state index contributed by atoms with van der Waals surface area (Å²) in [5.74, 6) is -0.0851. The molecule has 0 atom stereocenters. The van der Waals surface area contributed by atoms with Crippen molar-refractivity contribution in [3.05, 3.63) is 59.2 Å². The van der Waals surface area contributed by atoms with E-state index in [1.807, 2.05) is 87.1 Å². The van der Waals surface area contributed by atoms with Crippen molar-refractivity contribution in [2.75, 3.05) is 30.9 Å². The van der Waals surface area contributed by atoms with Gasteiger partial charge in [0.2, 0.25) is 5.91 Å². The Kier molecular flexibility index (Phi) is 7.82. The Morgan fingerprint density at radius 2 is 1.79 bits per heavy atom. The Bertz CT molecular complexity index is 859. The molecule has 0 saturated carbocycles. The smallest absolute Gasteiger partial charge is 0.254 e. The second kappa shape index (κ2) is 10.1.